The molecule has 0 saturated carbocycles. The lowest BCUT2D eigenvalue weighted by Crippen LogP contribution is -2.32. The normalized spacial score (nSPS) is 15.1. The smallest absolute Gasteiger partial charge is 0.147 e. The maximum atomic E-state index is 4.33. The Morgan fingerprint density at radius 2 is 1.63 bits per heavy atom. The third-order valence-corrected chi connectivity index (χ3v) is 7.27. The molecule has 2 aromatic rings. The van der Waals surface area contributed by atoms with Crippen molar-refractivity contribution >= 4 is 14.8 Å². The highest BCUT2D eigenvalue weighted by Crippen LogP contribution is 2.37. The Hall–Kier alpha value is -2.32. The van der Waals surface area contributed by atoms with E-state index in [0.29, 0.717) is 5.92 Å². The van der Waals surface area contributed by atoms with Crippen LogP contribution in [-0.2, 0) is 0 Å². The van der Waals surface area contributed by atoms with Gasteiger partial charge in [-0.05, 0) is 33.9 Å². The number of aryl methyl sites for hydroxylation is 1. The average molecular weight is 374 g/mol. The first-order chi connectivity index (χ1) is 12.7. The quantitative estimate of drug-likeness (QED) is 0.322. The summed E-state index contributed by atoms with van der Waals surface area (Å²) in [6, 6.07) is 18.5. The van der Waals surface area contributed by atoms with Crippen LogP contribution < -0.4 is 0 Å². The predicted molar refractivity (Wildman–Crippen MR) is 121 cm³/mol. The molecule has 1 nitrogen and oxygen atoms in total. The van der Waals surface area contributed by atoms with Crippen LogP contribution in [-0.4, -0.2) is 19.4 Å². The molecule has 3 rings (SSSR count). The Kier molecular flexibility index (Phi) is 5.30. The topological polar surface area (TPSA) is 3.01 Å². The maximum absolute atomic E-state index is 4.33. The Bertz CT molecular complexity index is 911. The van der Waals surface area contributed by atoms with Crippen molar-refractivity contribution in [2.75, 3.05) is 0 Å². The van der Waals surface area contributed by atoms with Gasteiger partial charge in [0.15, 0.2) is 0 Å². The van der Waals surface area contributed by atoms with Crippen molar-refractivity contribution in [3.05, 3.63) is 88.7 Å². The van der Waals surface area contributed by atoms with Crippen LogP contribution in [0.15, 0.2) is 71.6 Å². The molecule has 1 aliphatic heterocycles. The second-order valence-corrected chi connectivity index (χ2v) is 13.8. The number of nitrogens with zero attached hydrogens (tertiary/aromatic N) is 1. The van der Waals surface area contributed by atoms with Crippen molar-refractivity contribution in [2.45, 2.75) is 40.4 Å². The van der Waals surface area contributed by atoms with Gasteiger partial charge in [0.2, 0.25) is 0 Å². The van der Waals surface area contributed by atoms with E-state index in [2.05, 4.69) is 113 Å². The lowest BCUT2D eigenvalue weighted by atomic mass is 9.91. The van der Waals surface area contributed by atoms with E-state index in [-0.39, 0.29) is 0 Å². The van der Waals surface area contributed by atoms with Crippen LogP contribution in [0, 0.1) is 18.9 Å². The van der Waals surface area contributed by atoms with Gasteiger partial charge in [-0.25, -0.2) is 0 Å². The number of allylic oxidation sites excluding steroid dienone is 2. The number of benzene rings is 2. The van der Waals surface area contributed by atoms with Crippen LogP contribution in [0.1, 0.15) is 25.0 Å². The van der Waals surface area contributed by atoms with E-state index >= 15 is 0 Å². The molecule has 0 N–H and O–H groups in total. The zero-order chi connectivity index (χ0) is 19.8. The molecular weight excluding hydrogens is 342 g/mol. The minimum absolute atomic E-state index is 0.510. The molecule has 0 saturated heterocycles. The van der Waals surface area contributed by atoms with Crippen LogP contribution >= 0.6 is 0 Å². The molecule has 0 aliphatic carbocycles. The minimum atomic E-state index is -1.42. The fraction of sp³-hybridized carbons (Fsp3) is 0.280. The Labute approximate surface area is 165 Å². The molecule has 0 spiro atoms. The van der Waals surface area contributed by atoms with Gasteiger partial charge >= 0.3 is 0 Å². The number of rotatable bonds is 4. The average Bonchev–Trinajstić information content (AvgIpc) is 2.61. The highest BCUT2D eigenvalue weighted by molar-refractivity contribution is 6.84. The Balaban J connectivity index is 2.02. The summed E-state index contributed by atoms with van der Waals surface area (Å²) in [4.78, 5) is 0. The summed E-state index contributed by atoms with van der Waals surface area (Å²) in [7, 11) is -1.42. The molecular formula is C25H31NSi. The third-order valence-electron chi connectivity index (χ3n) is 5.24. The van der Waals surface area contributed by atoms with E-state index in [9.17, 15) is 0 Å². The zero-order valence-corrected chi connectivity index (χ0v) is 18.5. The highest BCUT2D eigenvalue weighted by Gasteiger charge is 2.30. The molecule has 2 aromatic carbocycles. The SMILES string of the molecule is C=[N+]1C=C([Si](C)(C)C)C(C(C)C)=C[C-]1c1ccc(-c2ccccc2)cc1C. The minimum Gasteiger partial charge on any atom is -0.255 e. The molecule has 0 amide bonds. The highest BCUT2D eigenvalue weighted by atomic mass is 28.3. The summed E-state index contributed by atoms with van der Waals surface area (Å²) in [5, 5.41) is 1.51. The fourth-order valence-electron chi connectivity index (χ4n) is 3.71. The van der Waals surface area contributed by atoms with Crippen LogP contribution in [0.5, 0.6) is 0 Å². The summed E-state index contributed by atoms with van der Waals surface area (Å²) in [6.45, 7) is 18.3. The largest absolute Gasteiger partial charge is 0.255 e. The number of hydrogen-bond acceptors (Lipinski definition) is 0. The second-order valence-electron chi connectivity index (χ2n) is 8.80. The molecule has 0 unspecified atom stereocenters. The van der Waals surface area contributed by atoms with Crippen LogP contribution in [0.3, 0.4) is 0 Å². The van der Waals surface area contributed by atoms with Gasteiger partial charge in [-0.2, -0.15) is 0 Å². The van der Waals surface area contributed by atoms with Gasteiger partial charge in [-0.1, -0.05) is 94.0 Å². The molecule has 0 bridgehead atoms. The van der Waals surface area contributed by atoms with Crippen LogP contribution in [0.4, 0.5) is 0 Å². The summed E-state index contributed by atoms with van der Waals surface area (Å²) in [5.74, 6) is 0.510. The van der Waals surface area contributed by atoms with Gasteiger partial charge in [-0.3, -0.25) is 4.58 Å². The maximum Gasteiger partial charge on any atom is 0.147 e. The van der Waals surface area contributed by atoms with Crippen LogP contribution in [0.2, 0.25) is 19.6 Å². The van der Waals surface area contributed by atoms with Gasteiger partial charge < -0.3 is 0 Å². The first-order valence-electron chi connectivity index (χ1n) is 9.76. The third kappa shape index (κ3) is 4.01. The molecule has 1 aliphatic rings. The van der Waals surface area contributed by atoms with Gasteiger partial charge in [-0.15, -0.1) is 6.07 Å². The van der Waals surface area contributed by atoms with Crippen LogP contribution in [0.25, 0.3) is 11.1 Å². The summed E-state index contributed by atoms with van der Waals surface area (Å²) >= 11 is 0. The van der Waals surface area contributed by atoms with Crippen molar-refractivity contribution < 1.29 is 4.58 Å². The molecule has 140 valence electrons. The first-order valence-corrected chi connectivity index (χ1v) is 13.3. The fourth-order valence-corrected chi connectivity index (χ4v) is 5.48. The molecule has 0 atom stereocenters. The van der Waals surface area contributed by atoms with Crippen molar-refractivity contribution in [3.63, 3.8) is 0 Å². The van der Waals surface area contributed by atoms with Gasteiger partial charge in [0.05, 0.1) is 14.8 Å². The predicted octanol–water partition coefficient (Wildman–Crippen LogP) is 6.61. The van der Waals surface area contributed by atoms with E-state index in [1.807, 2.05) is 0 Å². The van der Waals surface area contributed by atoms with Crippen molar-refractivity contribution in [1.29, 1.82) is 0 Å². The molecule has 0 fully saturated rings. The summed E-state index contributed by atoms with van der Waals surface area (Å²) in [6.07, 6.45) is 4.65. The summed E-state index contributed by atoms with van der Waals surface area (Å²) < 4.78 is 2.07. The Morgan fingerprint density at radius 3 is 2.19 bits per heavy atom. The summed E-state index contributed by atoms with van der Waals surface area (Å²) in [5.41, 5.74) is 6.52. The van der Waals surface area contributed by atoms with E-state index in [1.165, 1.54) is 39.1 Å². The molecule has 0 radical (unpaired) electrons. The van der Waals surface area contributed by atoms with Gasteiger partial charge in [0, 0.05) is 0 Å². The zero-order valence-electron chi connectivity index (χ0n) is 17.5. The molecule has 0 aromatic heterocycles. The molecule has 1 heterocycles. The van der Waals surface area contributed by atoms with Crippen molar-refractivity contribution in [3.8, 4) is 11.1 Å². The molecule has 2 heteroatoms. The standard InChI is InChI=1S/C25H31NSi/c1-18(2)23-16-24(26(4)17-25(23)27(5,6)7)22-14-13-21(15-19(22)3)20-11-9-8-10-12-20/h8-18H,4H2,1-3,5-7H3. The van der Waals surface area contributed by atoms with E-state index in [4.69, 9.17) is 0 Å². The lowest BCUT2D eigenvalue weighted by Gasteiger charge is -2.33. The van der Waals surface area contributed by atoms with Gasteiger partial charge in [0.25, 0.3) is 0 Å². The van der Waals surface area contributed by atoms with E-state index < -0.39 is 8.07 Å². The monoisotopic (exact) mass is 373 g/mol. The van der Waals surface area contributed by atoms with E-state index in [1.54, 1.807) is 0 Å². The first kappa shape index (κ1) is 19.4. The molecule has 27 heavy (non-hydrogen) atoms. The number of hydrogen-bond donors (Lipinski definition) is 0. The van der Waals surface area contributed by atoms with Crippen molar-refractivity contribution in [2.24, 2.45) is 5.92 Å². The van der Waals surface area contributed by atoms with Crippen molar-refractivity contribution in [1.82, 2.24) is 0 Å². The van der Waals surface area contributed by atoms with E-state index in [0.717, 1.165) is 0 Å². The van der Waals surface area contributed by atoms with Gasteiger partial charge in [0.1, 0.15) is 12.2 Å². The lowest BCUT2D eigenvalue weighted by molar-refractivity contribution is -0.418. The Morgan fingerprint density at radius 1 is 0.963 bits per heavy atom. The second kappa shape index (κ2) is 7.36.